The Bertz CT molecular complexity index is 983. The molecular formula is C17H18ClN3O2S2. The normalized spacial score (nSPS) is 11.0. The number of rotatable bonds is 4. The van der Waals surface area contributed by atoms with E-state index in [4.69, 9.17) is 5.14 Å². The highest BCUT2D eigenvalue weighted by atomic mass is 35.5. The van der Waals surface area contributed by atoms with Gasteiger partial charge in [0.25, 0.3) is 0 Å². The molecule has 0 radical (unpaired) electrons. The van der Waals surface area contributed by atoms with E-state index in [2.05, 4.69) is 42.3 Å². The summed E-state index contributed by atoms with van der Waals surface area (Å²) in [7, 11) is -3.67. The van der Waals surface area contributed by atoms with Crippen LogP contribution in [0.5, 0.6) is 0 Å². The van der Waals surface area contributed by atoms with E-state index in [0.29, 0.717) is 0 Å². The van der Waals surface area contributed by atoms with Crippen LogP contribution in [0.2, 0.25) is 0 Å². The molecule has 0 aliphatic carbocycles. The zero-order valence-corrected chi connectivity index (χ0v) is 16.1. The standard InChI is InChI=1S/C17H17N3O2S2.ClH/c1-11-3-8-15(12(2)9-11)16-10-23-17(20-16)19-13-4-6-14(7-5-13)24(18,21)22;/h3-10H,1-2H3,(H,19,20)(H2,18,21,22);1H. The molecule has 0 amide bonds. The van der Waals surface area contributed by atoms with Crippen LogP contribution in [0.4, 0.5) is 10.8 Å². The van der Waals surface area contributed by atoms with Gasteiger partial charge in [-0.25, -0.2) is 18.5 Å². The van der Waals surface area contributed by atoms with Crippen molar-refractivity contribution in [2.45, 2.75) is 18.7 Å². The number of primary sulfonamides is 1. The minimum Gasteiger partial charge on any atom is -0.332 e. The molecule has 0 bridgehead atoms. The van der Waals surface area contributed by atoms with Gasteiger partial charge in [0.15, 0.2) is 5.13 Å². The summed E-state index contributed by atoms with van der Waals surface area (Å²) in [5, 5.41) is 11.0. The lowest BCUT2D eigenvalue weighted by Gasteiger charge is -2.05. The van der Waals surface area contributed by atoms with Crippen molar-refractivity contribution in [1.82, 2.24) is 4.98 Å². The minimum absolute atomic E-state index is 0. The van der Waals surface area contributed by atoms with Crippen LogP contribution in [0.25, 0.3) is 11.3 Å². The Morgan fingerprint density at radius 1 is 1.08 bits per heavy atom. The first kappa shape index (κ1) is 19.4. The Hall–Kier alpha value is -1.93. The van der Waals surface area contributed by atoms with Crippen LogP contribution in [0, 0.1) is 13.8 Å². The van der Waals surface area contributed by atoms with Gasteiger partial charge < -0.3 is 5.32 Å². The van der Waals surface area contributed by atoms with E-state index in [1.165, 1.54) is 34.6 Å². The van der Waals surface area contributed by atoms with Crippen LogP contribution in [0.3, 0.4) is 0 Å². The summed E-state index contributed by atoms with van der Waals surface area (Å²) in [6.07, 6.45) is 0. The van der Waals surface area contributed by atoms with Crippen molar-refractivity contribution >= 4 is 44.6 Å². The Morgan fingerprint density at radius 2 is 1.76 bits per heavy atom. The number of hydrogen-bond donors (Lipinski definition) is 2. The van der Waals surface area contributed by atoms with Crippen molar-refractivity contribution in [3.63, 3.8) is 0 Å². The molecule has 25 heavy (non-hydrogen) atoms. The fraction of sp³-hybridized carbons (Fsp3) is 0.118. The highest BCUT2D eigenvalue weighted by Crippen LogP contribution is 2.29. The fourth-order valence-electron chi connectivity index (χ4n) is 2.41. The number of aryl methyl sites for hydroxylation is 2. The maximum atomic E-state index is 11.3. The Morgan fingerprint density at radius 3 is 2.36 bits per heavy atom. The van der Waals surface area contributed by atoms with Crippen LogP contribution >= 0.6 is 23.7 Å². The molecule has 0 aliphatic rings. The van der Waals surface area contributed by atoms with Crippen LogP contribution in [0.15, 0.2) is 52.7 Å². The lowest BCUT2D eigenvalue weighted by Crippen LogP contribution is -2.11. The van der Waals surface area contributed by atoms with Gasteiger partial charge in [-0.15, -0.1) is 23.7 Å². The van der Waals surface area contributed by atoms with Crippen LogP contribution in [0.1, 0.15) is 11.1 Å². The summed E-state index contributed by atoms with van der Waals surface area (Å²) in [4.78, 5) is 4.69. The van der Waals surface area contributed by atoms with Gasteiger partial charge in [-0.1, -0.05) is 23.8 Å². The van der Waals surface area contributed by atoms with Crippen LogP contribution in [-0.4, -0.2) is 13.4 Å². The largest absolute Gasteiger partial charge is 0.332 e. The van der Waals surface area contributed by atoms with Gasteiger partial charge in [-0.05, 0) is 43.7 Å². The molecule has 1 aromatic heterocycles. The number of halogens is 1. The molecule has 0 atom stereocenters. The molecule has 3 aromatic rings. The third kappa shape index (κ3) is 4.58. The molecule has 8 heteroatoms. The van der Waals surface area contributed by atoms with Gasteiger partial charge in [0.2, 0.25) is 10.0 Å². The maximum absolute atomic E-state index is 11.3. The van der Waals surface area contributed by atoms with E-state index in [0.717, 1.165) is 22.1 Å². The average molecular weight is 396 g/mol. The molecule has 2 aromatic carbocycles. The summed E-state index contributed by atoms with van der Waals surface area (Å²) in [5.41, 5.74) is 5.18. The third-order valence-corrected chi connectivity index (χ3v) is 5.28. The summed E-state index contributed by atoms with van der Waals surface area (Å²) in [6.45, 7) is 4.14. The van der Waals surface area contributed by atoms with E-state index < -0.39 is 10.0 Å². The second kappa shape index (κ2) is 7.53. The molecule has 3 N–H and O–H groups in total. The van der Waals surface area contributed by atoms with Crippen molar-refractivity contribution in [1.29, 1.82) is 0 Å². The van der Waals surface area contributed by atoms with Crippen molar-refractivity contribution < 1.29 is 8.42 Å². The Balaban J connectivity index is 0.00000225. The minimum atomic E-state index is -3.67. The summed E-state index contributed by atoms with van der Waals surface area (Å²) in [6, 6.07) is 12.5. The molecule has 0 saturated carbocycles. The smallest absolute Gasteiger partial charge is 0.238 e. The number of nitrogens with zero attached hydrogens (tertiary/aromatic N) is 1. The second-order valence-electron chi connectivity index (χ2n) is 5.55. The molecule has 0 spiro atoms. The number of sulfonamides is 1. The molecule has 1 heterocycles. The number of nitrogens with one attached hydrogen (secondary N) is 1. The molecule has 5 nitrogen and oxygen atoms in total. The quantitative estimate of drug-likeness (QED) is 0.691. The monoisotopic (exact) mass is 395 g/mol. The number of aromatic nitrogens is 1. The van der Waals surface area contributed by atoms with Gasteiger partial charge in [0.1, 0.15) is 0 Å². The van der Waals surface area contributed by atoms with Crippen LogP contribution in [-0.2, 0) is 10.0 Å². The predicted octanol–water partition coefficient (Wildman–Crippen LogP) is 4.24. The van der Waals surface area contributed by atoms with Crippen molar-refractivity contribution in [2.24, 2.45) is 5.14 Å². The summed E-state index contributed by atoms with van der Waals surface area (Å²) >= 11 is 1.50. The lowest BCUT2D eigenvalue weighted by molar-refractivity contribution is 0.598. The van der Waals surface area contributed by atoms with Gasteiger partial charge in [0.05, 0.1) is 10.6 Å². The van der Waals surface area contributed by atoms with Gasteiger partial charge in [0, 0.05) is 16.6 Å². The first-order valence-corrected chi connectivity index (χ1v) is 9.68. The topological polar surface area (TPSA) is 85.1 Å². The number of hydrogen-bond acceptors (Lipinski definition) is 5. The second-order valence-corrected chi connectivity index (χ2v) is 7.97. The van der Waals surface area contributed by atoms with E-state index in [1.807, 2.05) is 5.38 Å². The van der Waals surface area contributed by atoms with E-state index in [-0.39, 0.29) is 17.3 Å². The van der Waals surface area contributed by atoms with E-state index in [1.54, 1.807) is 12.1 Å². The van der Waals surface area contributed by atoms with E-state index >= 15 is 0 Å². The zero-order valence-electron chi connectivity index (χ0n) is 13.7. The number of anilines is 2. The SMILES string of the molecule is Cc1ccc(-c2csc(Nc3ccc(S(N)(=O)=O)cc3)n2)c(C)c1.Cl. The first-order chi connectivity index (χ1) is 11.3. The predicted molar refractivity (Wildman–Crippen MR) is 105 cm³/mol. The molecular weight excluding hydrogens is 378 g/mol. The highest BCUT2D eigenvalue weighted by Gasteiger charge is 2.09. The third-order valence-electron chi connectivity index (χ3n) is 3.60. The first-order valence-electron chi connectivity index (χ1n) is 7.26. The molecule has 0 saturated heterocycles. The van der Waals surface area contributed by atoms with Crippen LogP contribution < -0.4 is 10.5 Å². The molecule has 3 rings (SSSR count). The summed E-state index contributed by atoms with van der Waals surface area (Å²) < 4.78 is 22.5. The van der Waals surface area contributed by atoms with Crippen molar-refractivity contribution in [3.8, 4) is 11.3 Å². The Labute approximate surface area is 157 Å². The average Bonchev–Trinajstić information content (AvgIpc) is 2.95. The molecule has 0 fully saturated rings. The molecule has 0 aliphatic heterocycles. The number of thiazole rings is 1. The van der Waals surface area contributed by atoms with Gasteiger partial charge in [-0.3, -0.25) is 0 Å². The van der Waals surface area contributed by atoms with Gasteiger partial charge in [-0.2, -0.15) is 0 Å². The number of benzene rings is 2. The number of nitrogens with two attached hydrogens (primary N) is 1. The Kier molecular flexibility index (Phi) is 5.84. The molecule has 132 valence electrons. The highest BCUT2D eigenvalue weighted by molar-refractivity contribution is 7.89. The van der Waals surface area contributed by atoms with Crippen molar-refractivity contribution in [3.05, 3.63) is 59.0 Å². The van der Waals surface area contributed by atoms with E-state index in [9.17, 15) is 8.42 Å². The summed E-state index contributed by atoms with van der Waals surface area (Å²) in [5.74, 6) is 0. The zero-order chi connectivity index (χ0) is 17.3. The molecule has 0 unspecified atom stereocenters. The van der Waals surface area contributed by atoms with Gasteiger partial charge >= 0.3 is 0 Å². The lowest BCUT2D eigenvalue weighted by atomic mass is 10.0. The maximum Gasteiger partial charge on any atom is 0.238 e. The van der Waals surface area contributed by atoms with Crippen molar-refractivity contribution in [2.75, 3.05) is 5.32 Å². The fourth-order valence-corrected chi connectivity index (χ4v) is 3.65.